The fourth-order valence-electron chi connectivity index (χ4n) is 13.3. The number of nitrogens with zero attached hydrogens (tertiary/aromatic N) is 3. The van der Waals surface area contributed by atoms with E-state index in [2.05, 4.69) is 78.2 Å². The topological polar surface area (TPSA) is 188 Å². The van der Waals surface area contributed by atoms with Crippen molar-refractivity contribution in [3.8, 4) is 0 Å². The van der Waals surface area contributed by atoms with Crippen molar-refractivity contribution in [2.24, 2.45) is 28.8 Å². The largest absolute Gasteiger partial charge is 0.459 e. The molecular weight excluding hydrogens is 1090 g/mol. The molecule has 1 saturated carbocycles. The van der Waals surface area contributed by atoms with E-state index in [4.69, 9.17) is 61.7 Å². The van der Waals surface area contributed by atoms with E-state index in [0.29, 0.717) is 25.0 Å². The lowest BCUT2D eigenvalue weighted by atomic mass is 9.73. The number of esters is 1. The smallest absolute Gasteiger partial charge is 0.311 e. The number of hydrogen-bond acceptors (Lipinski definition) is 17. The van der Waals surface area contributed by atoms with Gasteiger partial charge in [-0.2, -0.15) is 0 Å². The summed E-state index contributed by atoms with van der Waals surface area (Å²) in [5, 5.41) is 31.5. The molecule has 0 spiro atoms. The number of hydrogen-bond donors (Lipinski definition) is 2. The number of pyridine rings is 1. The van der Waals surface area contributed by atoms with E-state index in [1.807, 2.05) is 98.0 Å². The lowest BCUT2D eigenvalue weighted by molar-refractivity contribution is -0.317. The molecule has 1 aliphatic carbocycles. The SMILES string of the molecule is CC[C@H]1OC(=O)[C@H](C)[C@@H](O[C@H]2C[C@@](C)(OC)[C@@H](O[Si](C)(C)C)[C@H](C)O2)[C@H](C)[C@@H](O[C@@H]2O[C@H](C)C[C@H](N(C)C)[C@H]2O[Si](C)(C)C)[C@](C)(OC/C=C/c2cnc3ccccc3c2)C[C@@H](C)/C(=N\OC2(OC(C)C)CCCCC2)[C@H](C)[C@@H](O)[C@]1(C)O. The van der Waals surface area contributed by atoms with E-state index in [0.717, 1.165) is 35.7 Å². The molecule has 18 atom stereocenters. The fraction of sp³-hybridized carbons (Fsp3) is 0.797. The van der Waals surface area contributed by atoms with Gasteiger partial charge >= 0.3 is 5.97 Å². The van der Waals surface area contributed by atoms with Crippen LogP contribution in [0.15, 0.2) is 47.8 Å². The van der Waals surface area contributed by atoms with E-state index in [1.165, 1.54) is 6.92 Å². The Bertz CT molecular complexity index is 2450. The predicted molar refractivity (Wildman–Crippen MR) is 331 cm³/mol. The lowest BCUT2D eigenvalue weighted by Crippen LogP contribution is -2.63. The average molecular weight is 1200 g/mol. The van der Waals surface area contributed by atoms with Gasteiger partial charge in [0, 0.05) is 61.8 Å². The number of fused-ring (bicyclic) bond motifs is 1. The Kier molecular flexibility index (Phi) is 23.9. The molecule has 1 aromatic carbocycles. The summed E-state index contributed by atoms with van der Waals surface area (Å²) < 4.78 is 69.8. The molecule has 83 heavy (non-hydrogen) atoms. The molecule has 0 bridgehead atoms. The van der Waals surface area contributed by atoms with Gasteiger partial charge in [0.05, 0.1) is 77.7 Å². The van der Waals surface area contributed by atoms with E-state index in [9.17, 15) is 10.2 Å². The fourth-order valence-corrected chi connectivity index (χ4v) is 15.6. The summed E-state index contributed by atoms with van der Waals surface area (Å²) in [5.41, 5.74) is -1.82. The first kappa shape index (κ1) is 69.4. The van der Waals surface area contributed by atoms with Gasteiger partial charge in [-0.05, 0) is 159 Å². The minimum absolute atomic E-state index is 0.0813. The zero-order valence-electron chi connectivity index (χ0n) is 54.6. The van der Waals surface area contributed by atoms with Crippen LogP contribution in [-0.4, -0.2) is 172 Å². The first-order chi connectivity index (χ1) is 38.6. The summed E-state index contributed by atoms with van der Waals surface area (Å²) in [6, 6.07) is 10.0. The third-order valence-corrected chi connectivity index (χ3v) is 19.5. The minimum Gasteiger partial charge on any atom is -0.459 e. The van der Waals surface area contributed by atoms with Gasteiger partial charge < -0.3 is 66.7 Å². The number of carbonyl (C=O) groups is 1. The molecule has 19 heteroatoms. The third kappa shape index (κ3) is 17.8. The number of aromatic nitrogens is 1. The zero-order chi connectivity index (χ0) is 61.6. The number of aliphatic hydroxyl groups excluding tert-OH is 1. The van der Waals surface area contributed by atoms with Gasteiger partial charge in [-0.15, -0.1) is 0 Å². The zero-order valence-corrected chi connectivity index (χ0v) is 56.6. The quantitative estimate of drug-likeness (QED) is 0.0585. The summed E-state index contributed by atoms with van der Waals surface area (Å²) in [7, 11) is 1.42. The highest BCUT2D eigenvalue weighted by atomic mass is 28.4. The number of methoxy groups -OCH3 is 1. The number of para-hydroxylation sites is 1. The van der Waals surface area contributed by atoms with Crippen LogP contribution in [0, 0.1) is 23.7 Å². The van der Waals surface area contributed by atoms with Crippen LogP contribution in [-0.2, 0) is 56.4 Å². The molecule has 2 aromatic rings. The molecule has 4 aliphatic rings. The Morgan fingerprint density at radius 2 is 1.53 bits per heavy atom. The van der Waals surface area contributed by atoms with Gasteiger partial charge in [-0.25, -0.2) is 0 Å². The minimum atomic E-state index is -2.29. The molecule has 4 fully saturated rings. The molecule has 3 aliphatic heterocycles. The van der Waals surface area contributed by atoms with Crippen molar-refractivity contribution in [3.63, 3.8) is 0 Å². The van der Waals surface area contributed by atoms with Gasteiger partial charge in [0.25, 0.3) is 0 Å². The second-order valence-electron chi connectivity index (χ2n) is 27.9. The Morgan fingerprint density at radius 1 is 0.867 bits per heavy atom. The number of ether oxygens (including phenoxy) is 8. The highest BCUT2D eigenvalue weighted by Crippen LogP contribution is 2.44. The summed E-state index contributed by atoms with van der Waals surface area (Å²) in [5.74, 6) is -4.70. The number of benzene rings is 1. The third-order valence-electron chi connectivity index (χ3n) is 17.6. The second kappa shape index (κ2) is 28.6. The van der Waals surface area contributed by atoms with Crippen LogP contribution in [0.2, 0.25) is 39.3 Å². The molecule has 3 saturated heterocycles. The first-order valence-corrected chi connectivity index (χ1v) is 37.9. The van der Waals surface area contributed by atoms with Crippen LogP contribution in [0.1, 0.15) is 146 Å². The summed E-state index contributed by atoms with van der Waals surface area (Å²) in [6.45, 7) is 36.2. The van der Waals surface area contributed by atoms with E-state index in [-0.39, 0.29) is 44.1 Å². The van der Waals surface area contributed by atoms with Crippen molar-refractivity contribution in [1.29, 1.82) is 0 Å². The summed E-state index contributed by atoms with van der Waals surface area (Å²) in [6.07, 6.45) is 3.23. The van der Waals surface area contributed by atoms with Crippen LogP contribution >= 0.6 is 0 Å². The molecule has 2 N–H and O–H groups in total. The van der Waals surface area contributed by atoms with Crippen molar-refractivity contribution in [1.82, 2.24) is 9.88 Å². The summed E-state index contributed by atoms with van der Waals surface area (Å²) in [4.78, 5) is 28.9. The number of cyclic esters (lactones) is 1. The molecule has 1 aromatic heterocycles. The van der Waals surface area contributed by atoms with Crippen LogP contribution < -0.4 is 0 Å². The molecule has 472 valence electrons. The number of likely N-dealkylation sites (N-methyl/N-ethyl adjacent to an activating group) is 1. The van der Waals surface area contributed by atoms with Crippen LogP contribution in [0.5, 0.6) is 0 Å². The Morgan fingerprint density at radius 3 is 2.14 bits per heavy atom. The maximum absolute atomic E-state index is 15.3. The van der Waals surface area contributed by atoms with Crippen molar-refractivity contribution < 1.29 is 66.6 Å². The number of carbonyl (C=O) groups excluding carboxylic acids is 1. The van der Waals surface area contributed by atoms with Crippen molar-refractivity contribution in [3.05, 3.63) is 48.2 Å². The van der Waals surface area contributed by atoms with Crippen LogP contribution in [0.3, 0.4) is 0 Å². The normalized spacial score (nSPS) is 38.0. The van der Waals surface area contributed by atoms with E-state index in [1.54, 1.807) is 14.0 Å². The maximum Gasteiger partial charge on any atom is 0.311 e. The van der Waals surface area contributed by atoms with E-state index >= 15 is 4.79 Å². The molecule has 6 rings (SSSR count). The average Bonchev–Trinajstić information content (AvgIpc) is 3.45. The lowest BCUT2D eigenvalue weighted by Gasteiger charge is -2.52. The van der Waals surface area contributed by atoms with Gasteiger partial charge in [-0.3, -0.25) is 9.78 Å². The van der Waals surface area contributed by atoms with Crippen molar-refractivity contribution >= 4 is 45.3 Å². The van der Waals surface area contributed by atoms with E-state index < -0.39 is 124 Å². The number of aliphatic hydroxyl groups is 2. The molecule has 17 nitrogen and oxygen atoms in total. The molecule has 4 heterocycles. The van der Waals surface area contributed by atoms with Gasteiger partial charge in [0.2, 0.25) is 5.79 Å². The van der Waals surface area contributed by atoms with Gasteiger partial charge in [0.15, 0.2) is 29.2 Å². The Balaban J connectivity index is 1.59. The predicted octanol–water partition coefficient (Wildman–Crippen LogP) is 11.7. The van der Waals surface area contributed by atoms with Gasteiger partial charge in [-0.1, -0.05) is 69.6 Å². The number of oxime groups is 1. The highest BCUT2D eigenvalue weighted by molar-refractivity contribution is 6.70. The van der Waals surface area contributed by atoms with Gasteiger partial charge in [0.1, 0.15) is 17.8 Å². The number of rotatable bonds is 19. The molecule has 0 unspecified atom stereocenters. The standard InChI is InChI=1S/C64H109N3O14Si2/c1-22-51-63(12,70)56(68)43(6)53(66-81-64(78-40(2)3)32-26-23-27-33-64)41(4)37-62(11,72-34-28-29-47-36-48-30-24-25-31-49(48)65-39-47)57(77-60-55(79-82(16,17)18)50(67(13)14)35-42(5)73-60)44(7)54(45(8)59(69)75-51)76-52-38-61(10,71-15)58(46(9)74-52)80-83(19,20)21/h24-25,28-31,36,39-46,50-52,54-58,60,68,70H,22-23,26-27,32-35,37-38H2,1-21H3/b29-28+,66-53+/t41-,42-,43+,44+,45-,46+,50+,51-,52+,54+,55-,56-,57-,58+,60+,61-,62-,63-/m1/s1. The maximum atomic E-state index is 15.3. The van der Waals surface area contributed by atoms with Crippen molar-refractivity contribution in [2.45, 2.75) is 276 Å². The highest BCUT2D eigenvalue weighted by Gasteiger charge is 2.56. The molecular formula is C64H109N3O14Si2. The summed E-state index contributed by atoms with van der Waals surface area (Å²) >= 11 is 0. The van der Waals surface area contributed by atoms with Crippen LogP contribution in [0.4, 0.5) is 0 Å². The molecule has 0 radical (unpaired) electrons. The second-order valence-corrected chi connectivity index (χ2v) is 36.8. The van der Waals surface area contributed by atoms with Crippen molar-refractivity contribution in [2.75, 3.05) is 27.8 Å². The monoisotopic (exact) mass is 1200 g/mol. The first-order valence-electron chi connectivity index (χ1n) is 31.0. The van der Waals surface area contributed by atoms with Crippen LogP contribution in [0.25, 0.3) is 17.0 Å². The Labute approximate surface area is 500 Å². The Hall–Kier alpha value is -2.74. The molecule has 0 amide bonds.